The van der Waals surface area contributed by atoms with E-state index in [-0.39, 0.29) is 18.0 Å². The van der Waals surface area contributed by atoms with E-state index < -0.39 is 21.6 Å². The third-order valence-corrected chi connectivity index (χ3v) is 4.78. The van der Waals surface area contributed by atoms with Gasteiger partial charge in [-0.3, -0.25) is 9.59 Å². The molecule has 0 spiro atoms. The van der Waals surface area contributed by atoms with Crippen molar-refractivity contribution in [1.29, 1.82) is 0 Å². The van der Waals surface area contributed by atoms with Gasteiger partial charge in [-0.05, 0) is 36.2 Å². The first-order valence-electron chi connectivity index (χ1n) is 7.94. The van der Waals surface area contributed by atoms with Crippen molar-refractivity contribution < 1.29 is 17.9 Å². The first-order chi connectivity index (χ1) is 12.8. The fourth-order valence-electron chi connectivity index (χ4n) is 2.41. The summed E-state index contributed by atoms with van der Waals surface area (Å²) in [4.78, 5) is 24.1. The zero-order valence-electron chi connectivity index (χ0n) is 14.1. The maximum Gasteiger partial charge on any atom is 0.307 e. The Morgan fingerprint density at radius 3 is 2.52 bits per heavy atom. The Morgan fingerprint density at radius 1 is 1.11 bits per heavy atom. The molecule has 0 atom stereocenters. The number of nitrogens with zero attached hydrogens (tertiary/aromatic N) is 3. The second kappa shape index (κ2) is 7.64. The third kappa shape index (κ3) is 4.54. The van der Waals surface area contributed by atoms with E-state index in [1.807, 2.05) is 0 Å². The Kier molecular flexibility index (Phi) is 5.28. The van der Waals surface area contributed by atoms with Gasteiger partial charge in [-0.25, -0.2) is 13.6 Å². The molecule has 10 heteroatoms. The van der Waals surface area contributed by atoms with Gasteiger partial charge in [-0.2, -0.15) is 4.68 Å². The highest BCUT2D eigenvalue weighted by molar-refractivity contribution is 7.89. The number of aryl methyl sites for hydroxylation is 1. The lowest BCUT2D eigenvalue weighted by Crippen LogP contribution is -2.26. The van der Waals surface area contributed by atoms with E-state index in [0.29, 0.717) is 17.3 Å². The van der Waals surface area contributed by atoms with Crippen molar-refractivity contribution in [2.24, 2.45) is 5.14 Å². The van der Waals surface area contributed by atoms with Crippen LogP contribution in [-0.2, 0) is 32.7 Å². The molecule has 0 bridgehead atoms. The van der Waals surface area contributed by atoms with Gasteiger partial charge in [-0.15, -0.1) is 5.10 Å². The Morgan fingerprint density at radius 2 is 1.81 bits per heavy atom. The number of primary sulfonamides is 1. The van der Waals surface area contributed by atoms with Crippen LogP contribution in [0.4, 0.5) is 0 Å². The van der Waals surface area contributed by atoms with Gasteiger partial charge in [0, 0.05) is 6.42 Å². The van der Waals surface area contributed by atoms with E-state index >= 15 is 0 Å². The number of hydrogen-bond donors (Lipinski definition) is 1. The number of benzene rings is 2. The number of ether oxygens (including phenoxy) is 1. The van der Waals surface area contributed by atoms with Crippen molar-refractivity contribution >= 4 is 26.9 Å². The van der Waals surface area contributed by atoms with Crippen molar-refractivity contribution in [2.75, 3.05) is 0 Å². The number of esters is 1. The molecule has 0 aliphatic carbocycles. The first-order valence-corrected chi connectivity index (χ1v) is 9.49. The summed E-state index contributed by atoms with van der Waals surface area (Å²) in [5.74, 6) is -0.521. The van der Waals surface area contributed by atoms with Crippen molar-refractivity contribution in [2.45, 2.75) is 24.5 Å². The molecule has 3 aromatic rings. The minimum absolute atomic E-state index is 0.00285. The summed E-state index contributed by atoms with van der Waals surface area (Å²) in [6.45, 7) is -0.333. The Balaban J connectivity index is 1.57. The van der Waals surface area contributed by atoms with Crippen molar-refractivity contribution in [3.8, 4) is 0 Å². The summed E-state index contributed by atoms with van der Waals surface area (Å²) >= 11 is 0. The quantitative estimate of drug-likeness (QED) is 0.610. The zero-order valence-corrected chi connectivity index (χ0v) is 14.9. The van der Waals surface area contributed by atoms with Gasteiger partial charge in [0.2, 0.25) is 10.0 Å². The average Bonchev–Trinajstić information content (AvgIpc) is 2.65. The summed E-state index contributed by atoms with van der Waals surface area (Å²) in [6.07, 6.45) is 0.409. The lowest BCUT2D eigenvalue weighted by Gasteiger charge is -2.07. The molecule has 0 fully saturated rings. The van der Waals surface area contributed by atoms with Crippen LogP contribution in [0.3, 0.4) is 0 Å². The number of sulfonamides is 1. The molecule has 2 aromatic carbocycles. The number of carbonyl (C=O) groups excluding carboxylic acids is 1. The molecule has 1 aromatic heterocycles. The van der Waals surface area contributed by atoms with E-state index in [1.165, 1.54) is 12.1 Å². The van der Waals surface area contributed by atoms with Crippen molar-refractivity contribution in [3.05, 3.63) is 64.4 Å². The van der Waals surface area contributed by atoms with Crippen LogP contribution in [0.1, 0.15) is 12.0 Å². The molecule has 1 heterocycles. The number of carbonyl (C=O) groups is 1. The molecule has 9 nitrogen and oxygen atoms in total. The molecule has 0 amide bonds. The Hall–Kier alpha value is -3.11. The van der Waals surface area contributed by atoms with Gasteiger partial charge >= 0.3 is 5.97 Å². The van der Waals surface area contributed by atoms with Crippen LogP contribution in [0.25, 0.3) is 10.9 Å². The predicted octanol–water partition coefficient (Wildman–Crippen LogP) is 0.572. The summed E-state index contributed by atoms with van der Waals surface area (Å²) in [6, 6.07) is 12.6. The highest BCUT2D eigenvalue weighted by Gasteiger charge is 2.10. The van der Waals surface area contributed by atoms with E-state index in [0.717, 1.165) is 10.2 Å². The Bertz CT molecular complexity index is 1140. The van der Waals surface area contributed by atoms with Crippen LogP contribution in [0.15, 0.2) is 58.2 Å². The standard InChI is InChI=1S/C17H16N4O5S/c18-27(24,25)13-8-5-12(6-9-13)7-10-16(22)26-11-21-17(23)14-3-1-2-4-15(14)19-20-21/h1-6,8-9H,7,10-11H2,(H2,18,24,25). The number of fused-ring (bicyclic) bond motifs is 1. The fourth-order valence-corrected chi connectivity index (χ4v) is 2.92. The average molecular weight is 388 g/mol. The van der Waals surface area contributed by atoms with Gasteiger partial charge in [0.15, 0.2) is 6.73 Å². The second-order valence-corrected chi connectivity index (χ2v) is 7.31. The monoisotopic (exact) mass is 388 g/mol. The van der Waals surface area contributed by atoms with Crippen LogP contribution >= 0.6 is 0 Å². The molecule has 27 heavy (non-hydrogen) atoms. The largest absolute Gasteiger partial charge is 0.442 e. The van der Waals surface area contributed by atoms with E-state index in [9.17, 15) is 18.0 Å². The number of hydrogen-bond acceptors (Lipinski definition) is 7. The smallest absolute Gasteiger partial charge is 0.307 e. The molecular formula is C17H16N4O5S. The SMILES string of the molecule is NS(=O)(=O)c1ccc(CCC(=O)OCn2nnc3ccccc3c2=O)cc1. The number of rotatable bonds is 6. The van der Waals surface area contributed by atoms with Gasteiger partial charge in [0.1, 0.15) is 5.52 Å². The molecule has 0 saturated heterocycles. The number of aromatic nitrogens is 3. The van der Waals surface area contributed by atoms with Crippen LogP contribution < -0.4 is 10.7 Å². The molecule has 140 valence electrons. The van der Waals surface area contributed by atoms with Gasteiger partial charge < -0.3 is 4.74 Å². The summed E-state index contributed by atoms with van der Waals surface area (Å²) in [5.41, 5.74) is 0.821. The maximum absolute atomic E-state index is 12.2. The molecule has 3 rings (SSSR count). The normalized spacial score (nSPS) is 11.4. The topological polar surface area (TPSA) is 134 Å². The van der Waals surface area contributed by atoms with Crippen LogP contribution in [0.5, 0.6) is 0 Å². The molecular weight excluding hydrogens is 372 g/mol. The predicted molar refractivity (Wildman–Crippen MR) is 96.0 cm³/mol. The molecule has 0 radical (unpaired) electrons. The number of nitrogens with two attached hydrogens (primary N) is 1. The highest BCUT2D eigenvalue weighted by Crippen LogP contribution is 2.10. The summed E-state index contributed by atoms with van der Waals surface area (Å²) in [5, 5.41) is 13.1. The molecule has 0 saturated carbocycles. The van der Waals surface area contributed by atoms with Gasteiger partial charge in [0.25, 0.3) is 5.56 Å². The summed E-state index contributed by atoms with van der Waals surface area (Å²) < 4.78 is 28.4. The fraction of sp³-hybridized carbons (Fsp3) is 0.176. The molecule has 0 aliphatic rings. The van der Waals surface area contributed by atoms with Crippen molar-refractivity contribution in [3.63, 3.8) is 0 Å². The maximum atomic E-state index is 12.2. The molecule has 0 unspecified atom stereocenters. The van der Waals surface area contributed by atoms with E-state index in [2.05, 4.69) is 10.3 Å². The lowest BCUT2D eigenvalue weighted by molar-refractivity contribution is -0.148. The zero-order chi connectivity index (χ0) is 19.4. The van der Waals surface area contributed by atoms with Gasteiger partial charge in [0.05, 0.1) is 10.3 Å². The van der Waals surface area contributed by atoms with Crippen LogP contribution in [0, 0.1) is 0 Å². The van der Waals surface area contributed by atoms with E-state index in [1.54, 1.807) is 36.4 Å². The second-order valence-electron chi connectivity index (χ2n) is 5.75. The first kappa shape index (κ1) is 18.7. The van der Waals surface area contributed by atoms with Crippen LogP contribution in [-0.4, -0.2) is 29.4 Å². The minimum Gasteiger partial charge on any atom is -0.442 e. The van der Waals surface area contributed by atoms with Gasteiger partial charge in [-0.1, -0.05) is 29.5 Å². The lowest BCUT2D eigenvalue weighted by atomic mass is 10.1. The van der Waals surface area contributed by atoms with Crippen LogP contribution in [0.2, 0.25) is 0 Å². The van der Waals surface area contributed by atoms with E-state index in [4.69, 9.17) is 9.88 Å². The summed E-state index contributed by atoms with van der Waals surface area (Å²) in [7, 11) is -3.75. The molecule has 0 aliphatic heterocycles. The highest BCUT2D eigenvalue weighted by atomic mass is 32.2. The van der Waals surface area contributed by atoms with Crippen molar-refractivity contribution in [1.82, 2.24) is 15.0 Å². The molecule has 2 N–H and O–H groups in total. The third-order valence-electron chi connectivity index (χ3n) is 3.85. The Labute approximate surface area is 154 Å². The minimum atomic E-state index is -3.75.